The van der Waals surface area contributed by atoms with Crippen molar-refractivity contribution < 1.29 is 14.3 Å². The molecule has 2 heterocycles. The SMILES string of the molecule is CCCCOc1c(Cl)cc(C(=O)NCCc2nnc3n2CCCCC3)cc1OCC. The van der Waals surface area contributed by atoms with E-state index in [1.54, 1.807) is 12.1 Å². The van der Waals surface area contributed by atoms with Gasteiger partial charge in [-0.3, -0.25) is 4.79 Å². The maximum absolute atomic E-state index is 12.7. The van der Waals surface area contributed by atoms with Crippen LogP contribution in [0.25, 0.3) is 0 Å². The fraction of sp³-hybridized carbons (Fsp3) is 0.591. The molecule has 30 heavy (non-hydrogen) atoms. The van der Waals surface area contributed by atoms with Crippen LogP contribution in [0, 0.1) is 0 Å². The molecule has 2 aromatic rings. The summed E-state index contributed by atoms with van der Waals surface area (Å²) in [5, 5.41) is 12.0. The second-order valence-corrected chi connectivity index (χ2v) is 7.83. The fourth-order valence-electron chi connectivity index (χ4n) is 3.54. The number of fused-ring (bicyclic) bond motifs is 1. The molecule has 7 nitrogen and oxygen atoms in total. The van der Waals surface area contributed by atoms with E-state index in [9.17, 15) is 4.79 Å². The summed E-state index contributed by atoms with van der Waals surface area (Å²) in [5.41, 5.74) is 0.450. The molecule has 0 radical (unpaired) electrons. The first-order chi connectivity index (χ1) is 14.6. The molecule has 164 valence electrons. The third-order valence-corrected chi connectivity index (χ3v) is 5.42. The predicted molar refractivity (Wildman–Crippen MR) is 117 cm³/mol. The van der Waals surface area contributed by atoms with Gasteiger partial charge in [-0.2, -0.15) is 0 Å². The molecule has 0 aliphatic carbocycles. The Balaban J connectivity index is 1.63. The van der Waals surface area contributed by atoms with Crippen LogP contribution in [0.2, 0.25) is 5.02 Å². The first kappa shape index (κ1) is 22.4. The highest BCUT2D eigenvalue weighted by Crippen LogP contribution is 2.37. The van der Waals surface area contributed by atoms with Crippen molar-refractivity contribution in [2.75, 3.05) is 19.8 Å². The molecule has 0 spiro atoms. The second kappa shape index (κ2) is 11.2. The standard InChI is InChI=1S/C22H31ClN4O3/c1-3-5-13-30-21-17(23)14-16(15-18(21)29-4-2)22(28)24-11-10-20-26-25-19-9-7-6-8-12-27(19)20/h14-15H,3-13H2,1-2H3,(H,24,28). The zero-order chi connectivity index (χ0) is 21.3. The van der Waals surface area contributed by atoms with Gasteiger partial charge in [0.1, 0.15) is 11.6 Å². The molecule has 0 saturated carbocycles. The Morgan fingerprint density at radius 2 is 2.07 bits per heavy atom. The minimum Gasteiger partial charge on any atom is -0.490 e. The van der Waals surface area contributed by atoms with Crippen LogP contribution in [0.4, 0.5) is 0 Å². The number of halogens is 1. The van der Waals surface area contributed by atoms with Gasteiger partial charge in [-0.05, 0) is 38.3 Å². The topological polar surface area (TPSA) is 78.3 Å². The minimum absolute atomic E-state index is 0.200. The lowest BCUT2D eigenvalue weighted by Crippen LogP contribution is -2.26. The number of unbranched alkanes of at least 4 members (excludes halogenated alkanes) is 1. The number of aryl methyl sites for hydroxylation is 1. The first-order valence-corrected chi connectivity index (χ1v) is 11.3. The van der Waals surface area contributed by atoms with E-state index < -0.39 is 0 Å². The molecule has 1 N–H and O–H groups in total. The van der Waals surface area contributed by atoms with Gasteiger partial charge >= 0.3 is 0 Å². The Morgan fingerprint density at radius 1 is 1.20 bits per heavy atom. The zero-order valence-electron chi connectivity index (χ0n) is 17.9. The number of rotatable bonds is 10. The summed E-state index contributed by atoms with van der Waals surface area (Å²) in [6, 6.07) is 3.32. The maximum Gasteiger partial charge on any atom is 0.251 e. The van der Waals surface area contributed by atoms with Crippen LogP contribution in [-0.2, 0) is 19.4 Å². The van der Waals surface area contributed by atoms with Crippen molar-refractivity contribution in [1.82, 2.24) is 20.1 Å². The highest BCUT2D eigenvalue weighted by Gasteiger charge is 2.18. The fourth-order valence-corrected chi connectivity index (χ4v) is 3.81. The van der Waals surface area contributed by atoms with Crippen LogP contribution in [0.3, 0.4) is 0 Å². The van der Waals surface area contributed by atoms with Crippen LogP contribution in [0.5, 0.6) is 11.5 Å². The summed E-state index contributed by atoms with van der Waals surface area (Å²) in [4.78, 5) is 12.7. The number of carbonyl (C=O) groups is 1. The molecule has 0 atom stereocenters. The van der Waals surface area contributed by atoms with Crippen molar-refractivity contribution in [1.29, 1.82) is 0 Å². The number of benzene rings is 1. The Morgan fingerprint density at radius 3 is 2.87 bits per heavy atom. The van der Waals surface area contributed by atoms with Crippen molar-refractivity contribution in [2.24, 2.45) is 0 Å². The number of amides is 1. The van der Waals surface area contributed by atoms with E-state index in [1.807, 2.05) is 6.92 Å². The second-order valence-electron chi connectivity index (χ2n) is 7.42. The summed E-state index contributed by atoms with van der Waals surface area (Å²) in [5.74, 6) is 2.78. The van der Waals surface area contributed by atoms with Gasteiger partial charge < -0.3 is 19.4 Å². The van der Waals surface area contributed by atoms with Gasteiger partial charge in [-0.1, -0.05) is 31.4 Å². The van der Waals surface area contributed by atoms with E-state index >= 15 is 0 Å². The van der Waals surface area contributed by atoms with E-state index in [0.717, 1.165) is 50.3 Å². The van der Waals surface area contributed by atoms with Crippen LogP contribution >= 0.6 is 11.6 Å². The molecule has 1 aromatic carbocycles. The van der Waals surface area contributed by atoms with Crippen molar-refractivity contribution in [3.05, 3.63) is 34.4 Å². The number of carbonyl (C=O) groups excluding carboxylic acids is 1. The quantitative estimate of drug-likeness (QED) is 0.567. The smallest absolute Gasteiger partial charge is 0.251 e. The van der Waals surface area contributed by atoms with Gasteiger partial charge in [0.05, 0.1) is 18.2 Å². The first-order valence-electron chi connectivity index (χ1n) is 10.9. The van der Waals surface area contributed by atoms with Crippen LogP contribution in [-0.4, -0.2) is 40.4 Å². The van der Waals surface area contributed by atoms with Crippen LogP contribution in [0.1, 0.15) is 68.0 Å². The number of ether oxygens (including phenoxy) is 2. The zero-order valence-corrected chi connectivity index (χ0v) is 18.6. The Kier molecular flexibility index (Phi) is 8.37. The summed E-state index contributed by atoms with van der Waals surface area (Å²) in [6.45, 7) is 6.44. The molecule has 8 heteroatoms. The van der Waals surface area contributed by atoms with Gasteiger partial charge in [-0.15, -0.1) is 10.2 Å². The Hall–Kier alpha value is -2.28. The summed E-state index contributed by atoms with van der Waals surface area (Å²) in [6.07, 6.45) is 7.11. The third-order valence-electron chi connectivity index (χ3n) is 5.14. The molecule has 1 aromatic heterocycles. The largest absolute Gasteiger partial charge is 0.490 e. The monoisotopic (exact) mass is 434 g/mol. The van der Waals surface area contributed by atoms with E-state index in [-0.39, 0.29) is 5.91 Å². The number of hydrogen-bond acceptors (Lipinski definition) is 5. The van der Waals surface area contributed by atoms with E-state index in [4.69, 9.17) is 21.1 Å². The summed E-state index contributed by atoms with van der Waals surface area (Å²) < 4.78 is 13.6. The normalized spacial score (nSPS) is 13.4. The molecule has 1 amide bonds. The predicted octanol–water partition coefficient (Wildman–Crippen LogP) is 4.21. The molecular weight excluding hydrogens is 404 g/mol. The van der Waals surface area contributed by atoms with Gasteiger partial charge in [0.15, 0.2) is 11.5 Å². The Labute approximate surface area is 183 Å². The van der Waals surface area contributed by atoms with E-state index in [1.165, 1.54) is 6.42 Å². The van der Waals surface area contributed by atoms with Crippen LogP contribution in [0.15, 0.2) is 12.1 Å². The number of aromatic nitrogens is 3. The lowest BCUT2D eigenvalue weighted by molar-refractivity contribution is 0.0953. The molecule has 0 fully saturated rings. The molecule has 0 unspecified atom stereocenters. The highest BCUT2D eigenvalue weighted by molar-refractivity contribution is 6.32. The molecule has 3 rings (SSSR count). The maximum atomic E-state index is 12.7. The Bertz CT molecular complexity index is 853. The van der Waals surface area contributed by atoms with Gasteiger partial charge in [0.2, 0.25) is 0 Å². The molecule has 1 aliphatic rings. The van der Waals surface area contributed by atoms with Crippen molar-refractivity contribution in [3.8, 4) is 11.5 Å². The minimum atomic E-state index is -0.200. The molecule has 1 aliphatic heterocycles. The summed E-state index contributed by atoms with van der Waals surface area (Å²) >= 11 is 6.40. The van der Waals surface area contributed by atoms with Crippen molar-refractivity contribution >= 4 is 17.5 Å². The van der Waals surface area contributed by atoms with Crippen LogP contribution < -0.4 is 14.8 Å². The van der Waals surface area contributed by atoms with Gasteiger partial charge in [0.25, 0.3) is 5.91 Å². The number of nitrogens with one attached hydrogen (secondary N) is 1. The van der Waals surface area contributed by atoms with E-state index in [0.29, 0.717) is 48.3 Å². The average Bonchev–Trinajstić information content (AvgIpc) is 2.96. The number of nitrogens with zero attached hydrogens (tertiary/aromatic N) is 3. The molecular formula is C22H31ClN4O3. The highest BCUT2D eigenvalue weighted by atomic mass is 35.5. The van der Waals surface area contributed by atoms with Crippen molar-refractivity contribution in [3.63, 3.8) is 0 Å². The third kappa shape index (κ3) is 5.65. The molecule has 0 saturated heterocycles. The van der Waals surface area contributed by atoms with Gasteiger partial charge in [0, 0.05) is 31.5 Å². The van der Waals surface area contributed by atoms with E-state index in [2.05, 4.69) is 27.0 Å². The lowest BCUT2D eigenvalue weighted by Gasteiger charge is -2.15. The number of hydrogen-bond donors (Lipinski definition) is 1. The summed E-state index contributed by atoms with van der Waals surface area (Å²) in [7, 11) is 0. The average molecular weight is 435 g/mol. The molecule has 0 bridgehead atoms. The van der Waals surface area contributed by atoms with Gasteiger partial charge in [-0.25, -0.2) is 0 Å². The van der Waals surface area contributed by atoms with Crippen molar-refractivity contribution in [2.45, 2.75) is 65.3 Å². The lowest BCUT2D eigenvalue weighted by atomic mass is 10.2.